The maximum atomic E-state index is 11.3. The maximum absolute atomic E-state index is 11.3. The lowest BCUT2D eigenvalue weighted by Crippen LogP contribution is -2.07. The molecule has 0 aromatic rings. The maximum Gasteiger partial charge on any atom is 0.333 e. The van der Waals surface area contributed by atoms with Gasteiger partial charge in [0, 0.05) is 11.1 Å². The number of ether oxygens (including phenoxy) is 1. The molecule has 1 aliphatic carbocycles. The Bertz CT molecular complexity index is 513. The number of nitrogens with zero attached hydrogens (tertiary/aromatic N) is 1. The summed E-state index contributed by atoms with van der Waals surface area (Å²) < 4.78 is 4.66. The Morgan fingerprint density at radius 3 is 2.44 bits per heavy atom. The second-order valence-electron chi connectivity index (χ2n) is 3.87. The van der Waals surface area contributed by atoms with Crippen LogP contribution in [0.1, 0.15) is 12.8 Å². The molecule has 0 N–H and O–H groups in total. The van der Waals surface area contributed by atoms with Crippen molar-refractivity contribution < 1.29 is 9.53 Å². The Labute approximate surface area is 107 Å². The van der Waals surface area contributed by atoms with Crippen LogP contribution in [0.5, 0.6) is 0 Å². The molecule has 0 spiro atoms. The summed E-state index contributed by atoms with van der Waals surface area (Å²) in [4.78, 5) is 11.3. The number of methoxy groups -OCH3 is 1. The fraction of sp³-hybridized carbons (Fsp3) is 0.200. The Kier molecular flexibility index (Phi) is 4.89. The normalized spacial score (nSPS) is 14.4. The Balaban J connectivity index is 2.74. The highest BCUT2D eigenvalue weighted by Gasteiger charge is 2.14. The van der Waals surface area contributed by atoms with E-state index in [1.54, 1.807) is 18.2 Å². The van der Waals surface area contributed by atoms with Crippen LogP contribution in [0.2, 0.25) is 0 Å². The van der Waals surface area contributed by atoms with Gasteiger partial charge in [-0.2, -0.15) is 5.26 Å². The molecule has 0 aromatic heterocycles. The van der Waals surface area contributed by atoms with Gasteiger partial charge >= 0.3 is 5.97 Å². The molecule has 3 heteroatoms. The summed E-state index contributed by atoms with van der Waals surface area (Å²) in [6, 6.07) is 1.94. The molecule has 0 fully saturated rings. The van der Waals surface area contributed by atoms with E-state index in [1.165, 1.54) is 7.11 Å². The number of carbonyl (C=O) groups excluding carboxylic acids is 1. The third-order valence-electron chi connectivity index (χ3n) is 2.64. The lowest BCUT2D eigenvalue weighted by Gasteiger charge is -2.13. The van der Waals surface area contributed by atoms with Gasteiger partial charge in [0.05, 0.1) is 13.2 Å². The average Bonchev–Trinajstić information content (AvgIpc) is 2.43. The van der Waals surface area contributed by atoms with E-state index in [-0.39, 0.29) is 5.97 Å². The van der Waals surface area contributed by atoms with Crippen molar-refractivity contribution in [2.24, 2.45) is 0 Å². The van der Waals surface area contributed by atoms with Gasteiger partial charge in [0.25, 0.3) is 0 Å². The van der Waals surface area contributed by atoms with Crippen LogP contribution in [0.15, 0.2) is 59.8 Å². The van der Waals surface area contributed by atoms with E-state index in [9.17, 15) is 4.79 Å². The Morgan fingerprint density at radius 2 is 1.94 bits per heavy atom. The van der Waals surface area contributed by atoms with E-state index < -0.39 is 0 Å². The van der Waals surface area contributed by atoms with Gasteiger partial charge in [0.15, 0.2) is 0 Å². The van der Waals surface area contributed by atoms with Crippen LogP contribution in [0.4, 0.5) is 0 Å². The first-order chi connectivity index (χ1) is 8.58. The molecule has 0 saturated heterocycles. The van der Waals surface area contributed by atoms with Gasteiger partial charge in [0.1, 0.15) is 0 Å². The second kappa shape index (κ2) is 6.41. The summed E-state index contributed by atoms with van der Waals surface area (Å²) in [5.41, 5.74) is 2.93. The van der Waals surface area contributed by atoms with Gasteiger partial charge in [-0.1, -0.05) is 31.4 Å². The molecule has 1 aliphatic rings. The van der Waals surface area contributed by atoms with Gasteiger partial charge in [-0.15, -0.1) is 0 Å². The summed E-state index contributed by atoms with van der Waals surface area (Å²) >= 11 is 0. The molecule has 18 heavy (non-hydrogen) atoms. The molecule has 0 unspecified atom stereocenters. The van der Waals surface area contributed by atoms with Crippen molar-refractivity contribution in [2.75, 3.05) is 7.11 Å². The van der Waals surface area contributed by atoms with E-state index in [0.717, 1.165) is 17.6 Å². The van der Waals surface area contributed by atoms with Crippen LogP contribution in [-0.4, -0.2) is 13.1 Å². The molecule has 1 rings (SSSR count). The highest BCUT2D eigenvalue weighted by atomic mass is 16.5. The fourth-order valence-electron chi connectivity index (χ4n) is 1.55. The molecule has 0 aliphatic heterocycles. The summed E-state index contributed by atoms with van der Waals surface area (Å²) in [7, 11) is 1.37. The zero-order valence-electron chi connectivity index (χ0n) is 10.4. The minimum absolute atomic E-state index is 0.288. The Hall–Kier alpha value is -2.34. The summed E-state index contributed by atoms with van der Waals surface area (Å²) in [6.45, 7) is 7.48. The molecule has 0 bridgehead atoms. The van der Waals surface area contributed by atoms with Crippen molar-refractivity contribution >= 4 is 5.97 Å². The number of rotatable bonds is 4. The summed E-state index contributed by atoms with van der Waals surface area (Å²) in [5.74, 6) is -0.288. The van der Waals surface area contributed by atoms with Gasteiger partial charge in [-0.25, -0.2) is 4.79 Å². The molecule has 0 aromatic carbocycles. The molecular formula is C15H15NO2. The van der Waals surface area contributed by atoms with Gasteiger partial charge in [-0.3, -0.25) is 0 Å². The van der Waals surface area contributed by atoms with Crippen molar-refractivity contribution in [2.45, 2.75) is 12.8 Å². The van der Waals surface area contributed by atoms with Gasteiger partial charge in [-0.05, 0) is 30.1 Å². The lowest BCUT2D eigenvalue weighted by atomic mass is 9.93. The monoisotopic (exact) mass is 241 g/mol. The summed E-state index contributed by atoms with van der Waals surface area (Å²) in [6.07, 6.45) is 8.38. The first kappa shape index (κ1) is 13.7. The first-order valence-corrected chi connectivity index (χ1v) is 5.53. The lowest BCUT2D eigenvalue weighted by molar-refractivity contribution is -0.136. The van der Waals surface area contributed by atoms with Crippen molar-refractivity contribution in [3.8, 4) is 6.07 Å². The number of nitriles is 1. The van der Waals surface area contributed by atoms with Gasteiger partial charge < -0.3 is 4.74 Å². The highest BCUT2D eigenvalue weighted by Crippen LogP contribution is 2.24. The number of hydrogen-bond acceptors (Lipinski definition) is 3. The van der Waals surface area contributed by atoms with E-state index in [0.29, 0.717) is 17.6 Å². The van der Waals surface area contributed by atoms with E-state index in [4.69, 9.17) is 5.26 Å². The molecule has 0 amide bonds. The van der Waals surface area contributed by atoms with Crippen LogP contribution in [-0.2, 0) is 9.53 Å². The largest absolute Gasteiger partial charge is 0.466 e. The minimum Gasteiger partial charge on any atom is -0.466 e. The van der Waals surface area contributed by atoms with E-state index in [2.05, 4.69) is 17.9 Å². The fourth-order valence-corrected chi connectivity index (χ4v) is 1.55. The van der Waals surface area contributed by atoms with Crippen molar-refractivity contribution in [1.82, 2.24) is 0 Å². The molecule has 0 saturated carbocycles. The average molecular weight is 241 g/mol. The predicted octanol–water partition coefficient (Wildman–Crippen LogP) is 3.00. The smallest absolute Gasteiger partial charge is 0.333 e. The number of allylic oxidation sites excluding steroid dienone is 7. The molecule has 92 valence electrons. The second-order valence-corrected chi connectivity index (χ2v) is 3.87. The van der Waals surface area contributed by atoms with Crippen molar-refractivity contribution in [3.05, 3.63) is 59.8 Å². The van der Waals surface area contributed by atoms with Crippen LogP contribution < -0.4 is 0 Å². The third kappa shape index (κ3) is 3.60. The molecule has 3 nitrogen and oxygen atoms in total. The summed E-state index contributed by atoms with van der Waals surface area (Å²) in [5, 5.41) is 8.57. The highest BCUT2D eigenvalue weighted by molar-refractivity contribution is 5.89. The zero-order valence-corrected chi connectivity index (χ0v) is 10.4. The predicted molar refractivity (Wildman–Crippen MR) is 70.4 cm³/mol. The van der Waals surface area contributed by atoms with Crippen LogP contribution in [0.3, 0.4) is 0 Å². The van der Waals surface area contributed by atoms with Crippen LogP contribution in [0.25, 0.3) is 0 Å². The number of esters is 1. The molecule has 0 heterocycles. The first-order valence-electron chi connectivity index (χ1n) is 5.53. The zero-order chi connectivity index (χ0) is 13.5. The van der Waals surface area contributed by atoms with Crippen LogP contribution in [0, 0.1) is 11.3 Å². The third-order valence-corrected chi connectivity index (χ3v) is 2.64. The van der Waals surface area contributed by atoms with E-state index >= 15 is 0 Å². The molecule has 0 atom stereocenters. The van der Waals surface area contributed by atoms with Crippen molar-refractivity contribution in [1.29, 1.82) is 5.26 Å². The van der Waals surface area contributed by atoms with Crippen LogP contribution >= 0.6 is 0 Å². The number of carbonyl (C=O) groups is 1. The standard InChI is InChI=1S/C15H15NO2/c1-11(10-16)4-5-12(2)13-6-8-14(9-7-13)15(17)18-3/h4-6,8H,1-2,7,9H2,3H3/b5-4-. The van der Waals surface area contributed by atoms with Crippen molar-refractivity contribution in [3.63, 3.8) is 0 Å². The minimum atomic E-state index is -0.288. The SMILES string of the molecule is C=C(C#N)/C=C\C(=C)C1=CC=C(C(=O)OC)CC1. The molecular weight excluding hydrogens is 226 g/mol. The van der Waals surface area contributed by atoms with E-state index in [1.807, 2.05) is 12.1 Å². The number of hydrogen-bond donors (Lipinski definition) is 0. The topological polar surface area (TPSA) is 50.1 Å². The van der Waals surface area contributed by atoms with Gasteiger partial charge in [0.2, 0.25) is 0 Å². The Morgan fingerprint density at radius 1 is 1.33 bits per heavy atom. The molecule has 0 radical (unpaired) electrons. The quantitative estimate of drug-likeness (QED) is 0.432.